The number of halogens is 4. The Bertz CT molecular complexity index is 1440. The average molecular weight is 487 g/mol. The van der Waals surface area contributed by atoms with Crippen LogP contribution in [0.5, 0.6) is 5.75 Å². The van der Waals surface area contributed by atoms with E-state index in [0.29, 0.717) is 11.3 Å². The van der Waals surface area contributed by atoms with E-state index >= 15 is 0 Å². The summed E-state index contributed by atoms with van der Waals surface area (Å²) in [5.74, 6) is -0.338. The van der Waals surface area contributed by atoms with Gasteiger partial charge >= 0.3 is 12.1 Å². The Morgan fingerprint density at radius 2 is 1.74 bits per heavy atom. The van der Waals surface area contributed by atoms with Crippen LogP contribution in [0.1, 0.15) is 31.7 Å². The number of alkyl halides is 3. The van der Waals surface area contributed by atoms with Gasteiger partial charge < -0.3 is 10.1 Å². The fourth-order valence-electron chi connectivity index (χ4n) is 4.50. The SMILES string of the molecule is Cn1c(=O)n(C2CCCC2)c2cc(Nc3ccc(F)c(-c4ccc(OC(F)(F)F)cc4)n3)ncc21. The lowest BCUT2D eigenvalue weighted by Crippen LogP contribution is -2.24. The van der Waals surface area contributed by atoms with Crippen LogP contribution < -0.4 is 15.7 Å². The highest BCUT2D eigenvalue weighted by Crippen LogP contribution is 2.32. The number of hydrogen-bond donors (Lipinski definition) is 1. The van der Waals surface area contributed by atoms with Crippen LogP contribution in [0.15, 0.2) is 53.5 Å². The monoisotopic (exact) mass is 487 g/mol. The third kappa shape index (κ3) is 4.58. The van der Waals surface area contributed by atoms with Crippen molar-refractivity contribution in [1.29, 1.82) is 0 Å². The second-order valence-corrected chi connectivity index (χ2v) is 8.43. The van der Waals surface area contributed by atoms with Crippen molar-refractivity contribution in [3.8, 4) is 17.0 Å². The molecule has 0 atom stereocenters. The van der Waals surface area contributed by atoms with Gasteiger partial charge in [-0.3, -0.25) is 9.13 Å². The molecule has 0 aliphatic heterocycles. The molecule has 1 fully saturated rings. The summed E-state index contributed by atoms with van der Waals surface area (Å²) < 4.78 is 58.9. The lowest BCUT2D eigenvalue weighted by Gasteiger charge is -2.12. The van der Waals surface area contributed by atoms with Gasteiger partial charge in [-0.25, -0.2) is 19.2 Å². The van der Waals surface area contributed by atoms with E-state index in [-0.39, 0.29) is 28.8 Å². The zero-order valence-corrected chi connectivity index (χ0v) is 18.6. The summed E-state index contributed by atoms with van der Waals surface area (Å²) in [6.07, 6.45) is 0.836. The van der Waals surface area contributed by atoms with E-state index in [1.165, 1.54) is 24.3 Å². The molecular formula is C24H21F4N5O2. The van der Waals surface area contributed by atoms with E-state index in [4.69, 9.17) is 0 Å². The molecule has 1 aliphatic rings. The largest absolute Gasteiger partial charge is 0.573 e. The van der Waals surface area contributed by atoms with Gasteiger partial charge in [-0.1, -0.05) is 12.8 Å². The summed E-state index contributed by atoms with van der Waals surface area (Å²) in [4.78, 5) is 21.5. The summed E-state index contributed by atoms with van der Waals surface area (Å²) in [5.41, 5.74) is 1.61. The summed E-state index contributed by atoms with van der Waals surface area (Å²) in [6.45, 7) is 0. The van der Waals surface area contributed by atoms with Crippen molar-refractivity contribution in [3.63, 3.8) is 0 Å². The lowest BCUT2D eigenvalue weighted by molar-refractivity contribution is -0.274. The average Bonchev–Trinajstić information content (AvgIpc) is 3.41. The number of aryl methyl sites for hydroxylation is 1. The highest BCUT2D eigenvalue weighted by molar-refractivity contribution is 5.79. The van der Waals surface area contributed by atoms with Gasteiger partial charge in [0.25, 0.3) is 0 Å². The minimum absolute atomic E-state index is 0.0442. The normalized spacial score (nSPS) is 14.5. The molecule has 182 valence electrons. The number of nitrogens with one attached hydrogen (secondary N) is 1. The number of benzene rings is 1. The van der Waals surface area contributed by atoms with Crippen molar-refractivity contribution in [2.75, 3.05) is 5.32 Å². The second-order valence-electron chi connectivity index (χ2n) is 8.43. The van der Waals surface area contributed by atoms with E-state index < -0.39 is 17.9 Å². The lowest BCUT2D eigenvalue weighted by atomic mass is 10.1. The standard InChI is InChI=1S/C24H21F4N5O2/c1-32-19-13-29-21(12-18(19)33(23(32)34)15-4-2-3-5-15)30-20-11-10-17(25)22(31-20)14-6-8-16(9-7-14)35-24(26,27)28/h6-13,15H,2-5H2,1H3,(H,29,30,31). The number of hydrogen-bond acceptors (Lipinski definition) is 5. The highest BCUT2D eigenvalue weighted by Gasteiger charge is 2.31. The third-order valence-corrected chi connectivity index (χ3v) is 6.13. The quantitative estimate of drug-likeness (QED) is 0.366. The van der Waals surface area contributed by atoms with Crippen molar-refractivity contribution in [2.24, 2.45) is 7.05 Å². The molecule has 4 aromatic rings. The predicted molar refractivity (Wildman–Crippen MR) is 122 cm³/mol. The Kier molecular flexibility index (Phi) is 5.70. The molecule has 3 aromatic heterocycles. The van der Waals surface area contributed by atoms with E-state index in [1.807, 2.05) is 4.57 Å². The number of imidazole rings is 1. The number of pyridine rings is 2. The summed E-state index contributed by atoms with van der Waals surface area (Å²) in [6, 6.07) is 9.33. The first-order chi connectivity index (χ1) is 16.7. The Morgan fingerprint density at radius 3 is 2.43 bits per heavy atom. The number of rotatable bonds is 5. The molecule has 1 aromatic carbocycles. The van der Waals surface area contributed by atoms with E-state index in [9.17, 15) is 22.4 Å². The van der Waals surface area contributed by atoms with Crippen molar-refractivity contribution in [2.45, 2.75) is 38.1 Å². The molecule has 0 spiro atoms. The van der Waals surface area contributed by atoms with Crippen LogP contribution in [0.25, 0.3) is 22.3 Å². The van der Waals surface area contributed by atoms with Gasteiger partial charge in [0, 0.05) is 24.7 Å². The fourth-order valence-corrected chi connectivity index (χ4v) is 4.50. The van der Waals surface area contributed by atoms with Gasteiger partial charge in [0.2, 0.25) is 0 Å². The van der Waals surface area contributed by atoms with Crippen molar-refractivity contribution in [3.05, 3.63) is 65.0 Å². The molecule has 1 saturated carbocycles. The number of fused-ring (bicyclic) bond motifs is 1. The molecule has 0 amide bonds. The third-order valence-electron chi connectivity index (χ3n) is 6.13. The smallest absolute Gasteiger partial charge is 0.406 e. The number of anilines is 2. The molecule has 5 rings (SSSR count). The first-order valence-electron chi connectivity index (χ1n) is 11.1. The molecule has 0 unspecified atom stereocenters. The van der Waals surface area contributed by atoms with Crippen LogP contribution in [-0.2, 0) is 7.05 Å². The van der Waals surface area contributed by atoms with Gasteiger partial charge in [0.05, 0.1) is 17.2 Å². The van der Waals surface area contributed by atoms with E-state index in [1.54, 1.807) is 23.9 Å². The highest BCUT2D eigenvalue weighted by atomic mass is 19.4. The van der Waals surface area contributed by atoms with Gasteiger partial charge in [-0.15, -0.1) is 13.2 Å². The van der Waals surface area contributed by atoms with Crippen molar-refractivity contribution in [1.82, 2.24) is 19.1 Å². The van der Waals surface area contributed by atoms with Gasteiger partial charge in [-0.05, 0) is 49.2 Å². The molecule has 1 aliphatic carbocycles. The fraction of sp³-hybridized carbons (Fsp3) is 0.292. The maximum absolute atomic E-state index is 14.5. The minimum Gasteiger partial charge on any atom is -0.406 e. The molecule has 11 heteroatoms. The van der Waals surface area contributed by atoms with Crippen LogP contribution in [0.2, 0.25) is 0 Å². The van der Waals surface area contributed by atoms with Gasteiger partial charge in [0.1, 0.15) is 28.9 Å². The first kappa shape index (κ1) is 22.9. The molecule has 35 heavy (non-hydrogen) atoms. The van der Waals surface area contributed by atoms with E-state index in [0.717, 1.165) is 43.3 Å². The van der Waals surface area contributed by atoms with Crippen LogP contribution >= 0.6 is 0 Å². The van der Waals surface area contributed by atoms with Crippen LogP contribution in [-0.4, -0.2) is 25.5 Å². The Balaban J connectivity index is 1.45. The minimum atomic E-state index is -4.82. The molecule has 0 bridgehead atoms. The number of aromatic nitrogens is 4. The predicted octanol–water partition coefficient (Wildman–Crippen LogP) is 5.69. The first-order valence-corrected chi connectivity index (χ1v) is 11.1. The summed E-state index contributed by atoms with van der Waals surface area (Å²) in [5, 5.41) is 3.04. The Morgan fingerprint density at radius 1 is 1.03 bits per heavy atom. The molecule has 1 N–H and O–H groups in total. The summed E-state index contributed by atoms with van der Waals surface area (Å²) in [7, 11) is 1.71. The Labute approximate surface area is 197 Å². The second kappa shape index (κ2) is 8.71. The zero-order chi connectivity index (χ0) is 24.7. The molecule has 3 heterocycles. The van der Waals surface area contributed by atoms with Crippen LogP contribution in [0.4, 0.5) is 29.2 Å². The molecule has 7 nitrogen and oxygen atoms in total. The van der Waals surface area contributed by atoms with Gasteiger partial charge in [-0.2, -0.15) is 0 Å². The number of ether oxygens (including phenoxy) is 1. The maximum Gasteiger partial charge on any atom is 0.573 e. The molecule has 0 saturated heterocycles. The maximum atomic E-state index is 14.5. The zero-order valence-electron chi connectivity index (χ0n) is 18.6. The Hall–Kier alpha value is -3.89. The topological polar surface area (TPSA) is 74.0 Å². The number of nitrogens with zero attached hydrogens (tertiary/aromatic N) is 4. The van der Waals surface area contributed by atoms with Gasteiger partial charge in [0.15, 0.2) is 0 Å². The summed E-state index contributed by atoms with van der Waals surface area (Å²) >= 11 is 0. The van der Waals surface area contributed by atoms with Crippen LogP contribution in [0.3, 0.4) is 0 Å². The van der Waals surface area contributed by atoms with Crippen molar-refractivity contribution < 1.29 is 22.3 Å². The molecular weight excluding hydrogens is 466 g/mol. The molecule has 0 radical (unpaired) electrons. The van der Waals surface area contributed by atoms with Crippen LogP contribution in [0, 0.1) is 5.82 Å². The van der Waals surface area contributed by atoms with Crippen molar-refractivity contribution >= 4 is 22.7 Å². The van der Waals surface area contributed by atoms with E-state index in [2.05, 4.69) is 20.0 Å².